The molecule has 0 heterocycles. The Kier molecular flexibility index (Phi) is 4.95. The normalized spacial score (nSPS) is 16.9. The van der Waals surface area contributed by atoms with Crippen molar-refractivity contribution in [1.82, 2.24) is 10.6 Å². The summed E-state index contributed by atoms with van der Waals surface area (Å²) in [5, 5.41) is 14.5. The van der Waals surface area contributed by atoms with Gasteiger partial charge in [-0.2, -0.15) is 0 Å². The van der Waals surface area contributed by atoms with Crippen molar-refractivity contribution in [2.45, 2.75) is 37.6 Å². The van der Waals surface area contributed by atoms with Crippen LogP contribution in [0.15, 0.2) is 24.3 Å². The van der Waals surface area contributed by atoms with Gasteiger partial charge in [-0.15, -0.1) is 0 Å². The molecule has 4 nitrogen and oxygen atoms in total. The fourth-order valence-electron chi connectivity index (χ4n) is 2.78. The summed E-state index contributed by atoms with van der Waals surface area (Å²) in [6.07, 6.45) is 4.37. The lowest BCUT2D eigenvalue weighted by molar-refractivity contribution is 0.222. The molecule has 1 aromatic rings. The summed E-state index contributed by atoms with van der Waals surface area (Å²) in [4.78, 5) is 11.9. The van der Waals surface area contributed by atoms with Crippen LogP contribution in [0.1, 0.15) is 37.7 Å². The van der Waals surface area contributed by atoms with E-state index in [1.54, 1.807) is 12.1 Å². The standard InChI is InChI=1S/C15H21FN2O2/c16-13-6-4-12(5-7-13)15(8-1-2-9-15)18-14(20)17-10-3-11-19/h4-7,19H,1-3,8-11H2,(H2,17,18,20). The highest BCUT2D eigenvalue weighted by Gasteiger charge is 2.36. The van der Waals surface area contributed by atoms with Crippen molar-refractivity contribution in [2.24, 2.45) is 0 Å². The number of rotatable bonds is 5. The van der Waals surface area contributed by atoms with Crippen molar-refractivity contribution in [3.8, 4) is 0 Å². The average Bonchev–Trinajstić information content (AvgIpc) is 2.89. The van der Waals surface area contributed by atoms with Gasteiger partial charge in [0.15, 0.2) is 0 Å². The zero-order valence-electron chi connectivity index (χ0n) is 11.5. The number of carbonyl (C=O) groups excluding carboxylic acids is 1. The maximum absolute atomic E-state index is 13.0. The highest BCUT2D eigenvalue weighted by atomic mass is 19.1. The van der Waals surface area contributed by atoms with E-state index in [1.807, 2.05) is 0 Å². The number of nitrogens with one attached hydrogen (secondary N) is 2. The Bertz CT molecular complexity index is 442. The lowest BCUT2D eigenvalue weighted by atomic mass is 9.88. The van der Waals surface area contributed by atoms with Gasteiger partial charge in [0, 0.05) is 13.2 Å². The van der Waals surface area contributed by atoms with Crippen LogP contribution in [0.4, 0.5) is 9.18 Å². The quantitative estimate of drug-likeness (QED) is 0.725. The van der Waals surface area contributed by atoms with E-state index in [9.17, 15) is 9.18 Å². The molecule has 3 N–H and O–H groups in total. The molecule has 20 heavy (non-hydrogen) atoms. The Morgan fingerprint density at radius 3 is 2.50 bits per heavy atom. The molecule has 0 aromatic heterocycles. The number of hydrogen-bond donors (Lipinski definition) is 3. The first kappa shape index (κ1) is 14.8. The van der Waals surface area contributed by atoms with Crippen molar-refractivity contribution in [2.75, 3.05) is 13.2 Å². The van der Waals surface area contributed by atoms with Gasteiger partial charge in [-0.1, -0.05) is 25.0 Å². The van der Waals surface area contributed by atoms with E-state index in [4.69, 9.17) is 5.11 Å². The van der Waals surface area contributed by atoms with Crippen LogP contribution < -0.4 is 10.6 Å². The largest absolute Gasteiger partial charge is 0.396 e. The number of aliphatic hydroxyl groups is 1. The van der Waals surface area contributed by atoms with Gasteiger partial charge in [-0.05, 0) is 37.0 Å². The molecular weight excluding hydrogens is 259 g/mol. The molecule has 5 heteroatoms. The Morgan fingerprint density at radius 1 is 1.25 bits per heavy atom. The second-order valence-corrected chi connectivity index (χ2v) is 5.25. The van der Waals surface area contributed by atoms with Crippen LogP contribution >= 0.6 is 0 Å². The maximum Gasteiger partial charge on any atom is 0.315 e. The highest BCUT2D eigenvalue weighted by Crippen LogP contribution is 2.38. The minimum absolute atomic E-state index is 0.0589. The van der Waals surface area contributed by atoms with Gasteiger partial charge in [-0.25, -0.2) is 9.18 Å². The Labute approximate surface area is 118 Å². The zero-order chi connectivity index (χ0) is 14.4. The zero-order valence-corrected chi connectivity index (χ0v) is 11.5. The summed E-state index contributed by atoms with van der Waals surface area (Å²) in [6.45, 7) is 0.505. The Hall–Kier alpha value is -1.62. The van der Waals surface area contributed by atoms with Gasteiger partial charge < -0.3 is 15.7 Å². The molecule has 1 aliphatic rings. The third-order valence-corrected chi connectivity index (χ3v) is 3.83. The van der Waals surface area contributed by atoms with Crippen LogP contribution in [0.5, 0.6) is 0 Å². The molecule has 1 fully saturated rings. The van der Waals surface area contributed by atoms with E-state index in [1.165, 1.54) is 12.1 Å². The predicted molar refractivity (Wildman–Crippen MR) is 74.8 cm³/mol. The van der Waals surface area contributed by atoms with Crippen molar-refractivity contribution in [1.29, 1.82) is 0 Å². The van der Waals surface area contributed by atoms with E-state index >= 15 is 0 Å². The van der Waals surface area contributed by atoms with Crippen molar-refractivity contribution >= 4 is 6.03 Å². The van der Waals surface area contributed by atoms with Gasteiger partial charge in [0.2, 0.25) is 0 Å². The van der Waals surface area contributed by atoms with Gasteiger partial charge >= 0.3 is 6.03 Å². The molecule has 1 aliphatic carbocycles. The topological polar surface area (TPSA) is 61.4 Å². The van der Waals surface area contributed by atoms with Crippen molar-refractivity contribution < 1.29 is 14.3 Å². The van der Waals surface area contributed by atoms with Crippen molar-refractivity contribution in [3.05, 3.63) is 35.6 Å². The van der Waals surface area contributed by atoms with Crippen molar-refractivity contribution in [3.63, 3.8) is 0 Å². The SMILES string of the molecule is O=C(NCCCO)NC1(c2ccc(F)cc2)CCCC1. The Balaban J connectivity index is 2.06. The fraction of sp³-hybridized carbons (Fsp3) is 0.533. The van der Waals surface area contributed by atoms with Crippen LogP contribution in [0.2, 0.25) is 0 Å². The molecule has 110 valence electrons. The molecule has 0 atom stereocenters. The maximum atomic E-state index is 13.0. The number of aliphatic hydroxyl groups excluding tert-OH is 1. The molecular formula is C15H21FN2O2. The number of carbonyl (C=O) groups is 1. The fourth-order valence-corrected chi connectivity index (χ4v) is 2.78. The molecule has 2 rings (SSSR count). The van der Waals surface area contributed by atoms with Crippen LogP contribution in [0.3, 0.4) is 0 Å². The van der Waals surface area contributed by atoms with Gasteiger partial charge in [0.25, 0.3) is 0 Å². The summed E-state index contributed by atoms with van der Waals surface area (Å²) in [6, 6.07) is 6.12. The molecule has 0 unspecified atom stereocenters. The first-order valence-corrected chi connectivity index (χ1v) is 7.09. The molecule has 0 spiro atoms. The second kappa shape index (κ2) is 6.70. The average molecular weight is 280 g/mol. The third-order valence-electron chi connectivity index (χ3n) is 3.83. The number of hydrogen-bond acceptors (Lipinski definition) is 2. The van der Waals surface area contributed by atoms with Crippen LogP contribution in [-0.2, 0) is 5.54 Å². The Morgan fingerprint density at radius 2 is 1.90 bits per heavy atom. The summed E-state index contributed by atoms with van der Waals surface area (Å²) in [7, 11) is 0. The second-order valence-electron chi connectivity index (χ2n) is 5.25. The summed E-state index contributed by atoms with van der Waals surface area (Å²) in [5.74, 6) is -0.269. The van der Waals surface area contributed by atoms with E-state index in [-0.39, 0.29) is 18.5 Å². The van der Waals surface area contributed by atoms with Crippen LogP contribution in [0, 0.1) is 5.82 Å². The lowest BCUT2D eigenvalue weighted by Gasteiger charge is -2.31. The summed E-state index contributed by atoms with van der Waals surface area (Å²) >= 11 is 0. The van der Waals surface area contributed by atoms with Crippen LogP contribution in [0.25, 0.3) is 0 Å². The van der Waals surface area contributed by atoms with E-state index in [2.05, 4.69) is 10.6 Å². The number of benzene rings is 1. The third kappa shape index (κ3) is 3.48. The number of urea groups is 1. The molecule has 1 saturated carbocycles. The highest BCUT2D eigenvalue weighted by molar-refractivity contribution is 5.75. The predicted octanol–water partition coefficient (Wildman–Crippen LogP) is 2.28. The smallest absolute Gasteiger partial charge is 0.315 e. The molecule has 0 saturated heterocycles. The molecule has 0 radical (unpaired) electrons. The van der Waals surface area contributed by atoms with Crippen LogP contribution in [-0.4, -0.2) is 24.3 Å². The first-order chi connectivity index (χ1) is 9.66. The first-order valence-electron chi connectivity index (χ1n) is 7.09. The number of halogens is 1. The monoisotopic (exact) mass is 280 g/mol. The minimum Gasteiger partial charge on any atom is -0.396 e. The summed E-state index contributed by atoms with van der Waals surface area (Å²) in [5.41, 5.74) is 0.561. The minimum atomic E-state index is -0.392. The summed E-state index contributed by atoms with van der Waals surface area (Å²) < 4.78 is 13.0. The molecule has 2 amide bonds. The molecule has 1 aromatic carbocycles. The number of amides is 2. The lowest BCUT2D eigenvalue weighted by Crippen LogP contribution is -2.48. The van der Waals surface area contributed by atoms with E-state index < -0.39 is 5.54 Å². The van der Waals surface area contributed by atoms with E-state index in [0.717, 1.165) is 31.2 Å². The molecule has 0 aliphatic heterocycles. The van der Waals surface area contributed by atoms with Gasteiger partial charge in [0.05, 0.1) is 5.54 Å². The van der Waals surface area contributed by atoms with Gasteiger partial charge in [-0.3, -0.25) is 0 Å². The van der Waals surface area contributed by atoms with Gasteiger partial charge in [0.1, 0.15) is 5.82 Å². The molecule has 0 bridgehead atoms. The van der Waals surface area contributed by atoms with E-state index in [0.29, 0.717) is 13.0 Å².